The van der Waals surface area contributed by atoms with Crippen molar-refractivity contribution in [2.45, 2.75) is 57.8 Å². The maximum Gasteiger partial charge on any atom is 0.0462 e. The van der Waals surface area contributed by atoms with Gasteiger partial charge in [0.25, 0.3) is 0 Å². The van der Waals surface area contributed by atoms with Crippen LogP contribution in [0.15, 0.2) is 200 Å². The lowest BCUT2D eigenvalue weighted by Crippen LogP contribution is -2.14. The van der Waals surface area contributed by atoms with Crippen LogP contribution in [0.25, 0.3) is 69.8 Å². The van der Waals surface area contributed by atoms with E-state index in [1.165, 1.54) is 83.5 Å². The molecule has 3 aliphatic carbocycles. The molecule has 0 heterocycles. The van der Waals surface area contributed by atoms with E-state index in [2.05, 4.69) is 283 Å². The summed E-state index contributed by atoms with van der Waals surface area (Å²) in [4.78, 5) is 2.35. The summed E-state index contributed by atoms with van der Waals surface area (Å²) in [6.07, 6.45) is 13.4. The Kier molecular flexibility index (Phi) is 10.3. The average Bonchev–Trinajstić information content (AvgIpc) is 3.87. The van der Waals surface area contributed by atoms with Gasteiger partial charge in [-0.05, 0) is 155 Å². The lowest BCUT2D eigenvalue weighted by Gasteiger charge is -2.26. The van der Waals surface area contributed by atoms with Crippen molar-refractivity contribution in [1.82, 2.24) is 0 Å². The number of fused-ring (bicyclic) bond motifs is 9. The molecule has 0 aromatic heterocycles. The molecular formula is C69H57N. The number of hydrogen-bond acceptors (Lipinski definition) is 1. The van der Waals surface area contributed by atoms with Gasteiger partial charge in [-0.1, -0.05) is 224 Å². The van der Waals surface area contributed by atoms with Crippen molar-refractivity contribution in [3.8, 4) is 33.4 Å². The van der Waals surface area contributed by atoms with E-state index in [-0.39, 0.29) is 16.2 Å². The quantitative estimate of drug-likeness (QED) is 0.131. The Morgan fingerprint density at radius 3 is 0.757 bits per heavy atom. The van der Waals surface area contributed by atoms with Crippen molar-refractivity contribution in [3.63, 3.8) is 0 Å². The molecule has 12 rings (SSSR count). The van der Waals surface area contributed by atoms with Gasteiger partial charge in [0.05, 0.1) is 0 Å². The molecule has 0 radical (unpaired) electrons. The zero-order valence-corrected chi connectivity index (χ0v) is 41.0. The predicted molar refractivity (Wildman–Crippen MR) is 300 cm³/mol. The summed E-state index contributed by atoms with van der Waals surface area (Å²) in [5.74, 6) is 0. The molecule has 9 aromatic rings. The fraction of sp³-hybridized carbons (Fsp3) is 0.130. The number of hydrogen-bond donors (Lipinski definition) is 0. The van der Waals surface area contributed by atoms with Gasteiger partial charge in [0.15, 0.2) is 0 Å². The fourth-order valence-electron chi connectivity index (χ4n) is 11.8. The lowest BCUT2D eigenvalue weighted by atomic mass is 9.82. The number of rotatable bonds is 9. The van der Waals surface area contributed by atoms with Crippen LogP contribution in [0.5, 0.6) is 0 Å². The first kappa shape index (κ1) is 43.3. The summed E-state index contributed by atoms with van der Waals surface area (Å²) in [7, 11) is 0. The van der Waals surface area contributed by atoms with Gasteiger partial charge in [0.1, 0.15) is 0 Å². The van der Waals surface area contributed by atoms with Gasteiger partial charge in [0.2, 0.25) is 0 Å². The van der Waals surface area contributed by atoms with Gasteiger partial charge in [-0.3, -0.25) is 0 Å². The summed E-state index contributed by atoms with van der Waals surface area (Å²) < 4.78 is 0. The van der Waals surface area contributed by atoms with Gasteiger partial charge in [-0.15, -0.1) is 0 Å². The average molecular weight is 900 g/mol. The Balaban J connectivity index is 0.826. The molecule has 3 aliphatic rings. The van der Waals surface area contributed by atoms with Crippen molar-refractivity contribution in [3.05, 3.63) is 267 Å². The zero-order chi connectivity index (χ0) is 47.8. The van der Waals surface area contributed by atoms with Gasteiger partial charge in [-0.2, -0.15) is 0 Å². The van der Waals surface area contributed by atoms with E-state index in [4.69, 9.17) is 0 Å². The van der Waals surface area contributed by atoms with E-state index < -0.39 is 0 Å². The van der Waals surface area contributed by atoms with Crippen LogP contribution >= 0.6 is 0 Å². The highest BCUT2D eigenvalue weighted by Crippen LogP contribution is 2.51. The van der Waals surface area contributed by atoms with Crippen LogP contribution in [-0.4, -0.2) is 0 Å². The van der Waals surface area contributed by atoms with E-state index in [9.17, 15) is 0 Å². The number of nitrogens with zero attached hydrogens (tertiary/aromatic N) is 1. The molecule has 0 saturated heterocycles. The van der Waals surface area contributed by atoms with Crippen LogP contribution in [-0.2, 0) is 16.2 Å². The minimum atomic E-state index is 0.00600. The molecule has 0 bridgehead atoms. The van der Waals surface area contributed by atoms with Crippen molar-refractivity contribution in [2.24, 2.45) is 0 Å². The molecule has 1 nitrogen and oxygen atoms in total. The minimum Gasteiger partial charge on any atom is -0.311 e. The molecule has 0 amide bonds. The molecule has 1 heteroatoms. The molecule has 338 valence electrons. The molecule has 0 saturated carbocycles. The van der Waals surface area contributed by atoms with E-state index in [0.717, 1.165) is 33.8 Å². The van der Waals surface area contributed by atoms with Gasteiger partial charge in [-0.25, -0.2) is 0 Å². The molecule has 70 heavy (non-hydrogen) atoms. The van der Waals surface area contributed by atoms with Gasteiger partial charge >= 0.3 is 0 Å². The molecule has 9 aromatic carbocycles. The molecule has 0 spiro atoms. The van der Waals surface area contributed by atoms with E-state index in [1.54, 1.807) is 0 Å². The molecule has 0 fully saturated rings. The van der Waals surface area contributed by atoms with Crippen LogP contribution in [0.2, 0.25) is 0 Å². The molecule has 0 atom stereocenters. The second-order valence-electron chi connectivity index (χ2n) is 21.0. The van der Waals surface area contributed by atoms with Crippen LogP contribution in [0.3, 0.4) is 0 Å². The van der Waals surface area contributed by atoms with Crippen LogP contribution in [0.1, 0.15) is 108 Å². The Labute approximate surface area is 414 Å². The first-order valence-electron chi connectivity index (χ1n) is 24.8. The minimum absolute atomic E-state index is 0.00600. The maximum absolute atomic E-state index is 2.35. The summed E-state index contributed by atoms with van der Waals surface area (Å²) >= 11 is 0. The molecule has 0 unspecified atom stereocenters. The van der Waals surface area contributed by atoms with Crippen LogP contribution < -0.4 is 4.90 Å². The molecular weight excluding hydrogens is 843 g/mol. The summed E-state index contributed by atoms with van der Waals surface area (Å²) in [6, 6.07) is 74.1. The summed E-state index contributed by atoms with van der Waals surface area (Å²) in [5.41, 5.74) is 26.9. The van der Waals surface area contributed by atoms with Crippen molar-refractivity contribution >= 4 is 53.5 Å². The van der Waals surface area contributed by atoms with E-state index >= 15 is 0 Å². The highest BCUT2D eigenvalue weighted by atomic mass is 15.1. The smallest absolute Gasteiger partial charge is 0.0462 e. The second kappa shape index (κ2) is 16.6. The standard InChI is InChI=1S/C69H57N/c1-67(2)61-16-10-7-13-55(61)58-43-49(31-40-64(58)67)22-19-46-25-34-52(35-26-46)70(53-36-27-47(28-37-53)20-23-50-32-41-65-59(44-50)56-14-8-11-17-62(56)68(65,3)4)54-38-29-48(30-39-54)21-24-51-33-42-66-60(45-51)57-15-9-12-18-63(57)69(66,5)6/h7-45H,1-6H3. The van der Waals surface area contributed by atoms with Crippen LogP contribution in [0, 0.1) is 0 Å². The third-order valence-corrected chi connectivity index (χ3v) is 15.7. The molecule has 0 N–H and O–H groups in total. The highest BCUT2D eigenvalue weighted by Gasteiger charge is 2.37. The number of anilines is 3. The Hall–Kier alpha value is -8.00. The first-order chi connectivity index (χ1) is 33.9. The summed E-state index contributed by atoms with van der Waals surface area (Å²) in [5, 5.41) is 0. The zero-order valence-electron chi connectivity index (χ0n) is 41.0. The number of benzene rings is 9. The monoisotopic (exact) mass is 899 g/mol. The third kappa shape index (κ3) is 7.31. The van der Waals surface area contributed by atoms with Crippen molar-refractivity contribution in [1.29, 1.82) is 0 Å². The van der Waals surface area contributed by atoms with E-state index in [1.807, 2.05) is 0 Å². The second-order valence-corrected chi connectivity index (χ2v) is 21.0. The molecule has 0 aliphatic heterocycles. The highest BCUT2D eigenvalue weighted by molar-refractivity contribution is 5.87. The fourth-order valence-corrected chi connectivity index (χ4v) is 11.8. The normalized spacial score (nSPS) is 15.2. The Morgan fingerprint density at radius 1 is 0.243 bits per heavy atom. The predicted octanol–water partition coefficient (Wildman–Crippen LogP) is 18.6. The third-order valence-electron chi connectivity index (χ3n) is 15.7. The van der Waals surface area contributed by atoms with Crippen molar-refractivity contribution < 1.29 is 0 Å². The largest absolute Gasteiger partial charge is 0.311 e. The van der Waals surface area contributed by atoms with Gasteiger partial charge in [0, 0.05) is 33.3 Å². The maximum atomic E-state index is 2.35. The summed E-state index contributed by atoms with van der Waals surface area (Å²) in [6.45, 7) is 14.0. The lowest BCUT2D eigenvalue weighted by molar-refractivity contribution is 0.660. The van der Waals surface area contributed by atoms with Crippen molar-refractivity contribution in [2.75, 3.05) is 4.90 Å². The first-order valence-corrected chi connectivity index (χ1v) is 24.8. The Bertz CT molecular complexity index is 3210. The van der Waals surface area contributed by atoms with Gasteiger partial charge < -0.3 is 4.90 Å². The SMILES string of the molecule is CC1(C)c2ccccc2-c2cc(C=Cc3ccc(N(c4ccc(C=Cc5ccc6c(c5)-c5ccccc5C6(C)C)cc4)c4ccc(C=Cc5ccc6c(c5)-c5ccccc5C6(C)C)cc4)cc3)ccc21. The Morgan fingerprint density at radius 2 is 0.471 bits per heavy atom. The van der Waals surface area contributed by atoms with Crippen LogP contribution in [0.4, 0.5) is 17.1 Å². The van der Waals surface area contributed by atoms with E-state index in [0.29, 0.717) is 0 Å². The topological polar surface area (TPSA) is 3.24 Å².